The van der Waals surface area contributed by atoms with E-state index < -0.39 is 10.0 Å². The summed E-state index contributed by atoms with van der Waals surface area (Å²) >= 11 is 0. The molecule has 0 bridgehead atoms. The van der Waals surface area contributed by atoms with Gasteiger partial charge in [0.2, 0.25) is 0 Å². The monoisotopic (exact) mass is 433 g/mol. The first-order valence-corrected chi connectivity index (χ1v) is 11.3. The Morgan fingerprint density at radius 3 is 2.26 bits per heavy atom. The van der Waals surface area contributed by atoms with Crippen molar-refractivity contribution in [3.63, 3.8) is 0 Å². The van der Waals surface area contributed by atoms with E-state index in [0.717, 1.165) is 31.9 Å². The summed E-state index contributed by atoms with van der Waals surface area (Å²) in [5, 5.41) is 8.12. The molecule has 0 aliphatic rings. The summed E-state index contributed by atoms with van der Waals surface area (Å²) < 4.78 is 32.7. The molecule has 0 amide bonds. The number of aromatic nitrogens is 3. The number of rotatable bonds is 6. The van der Waals surface area contributed by atoms with Crippen molar-refractivity contribution in [3.8, 4) is 11.3 Å². The van der Waals surface area contributed by atoms with E-state index in [1.807, 2.05) is 62.4 Å². The number of hydrogen-bond donors (Lipinski definition) is 0. The summed E-state index contributed by atoms with van der Waals surface area (Å²) in [4.78, 5) is 0.165. The van der Waals surface area contributed by atoms with E-state index in [4.69, 9.17) is 4.74 Å². The first-order valence-electron chi connectivity index (χ1n) is 9.83. The zero-order chi connectivity index (χ0) is 22.0. The largest absolute Gasteiger partial charge is 0.372 e. The fraction of sp³-hybridized carbons (Fsp3) is 0.167. The summed E-state index contributed by atoms with van der Waals surface area (Å²) in [6.45, 7) is 3.88. The van der Waals surface area contributed by atoms with Crippen molar-refractivity contribution in [1.29, 1.82) is 0 Å². The van der Waals surface area contributed by atoms with E-state index in [2.05, 4.69) is 10.3 Å². The average molecular weight is 434 g/mol. The summed E-state index contributed by atoms with van der Waals surface area (Å²) in [5.41, 5.74) is 5.13. The Balaban J connectivity index is 1.79. The lowest BCUT2D eigenvalue weighted by atomic mass is 9.94. The maximum Gasteiger partial charge on any atom is 0.284 e. The maximum atomic E-state index is 13.0. The van der Waals surface area contributed by atoms with Crippen molar-refractivity contribution >= 4 is 10.0 Å². The highest BCUT2D eigenvalue weighted by molar-refractivity contribution is 7.89. The third-order valence-corrected chi connectivity index (χ3v) is 6.68. The Hall–Kier alpha value is -3.29. The maximum absolute atomic E-state index is 13.0. The number of hydrogen-bond acceptors (Lipinski definition) is 5. The molecule has 0 radical (unpaired) electrons. The Morgan fingerprint density at radius 2 is 1.58 bits per heavy atom. The number of methoxy groups -OCH3 is 1. The second kappa shape index (κ2) is 8.45. The smallest absolute Gasteiger partial charge is 0.284 e. The number of aryl methyl sites for hydroxylation is 2. The van der Waals surface area contributed by atoms with Gasteiger partial charge in [0.25, 0.3) is 10.0 Å². The highest BCUT2D eigenvalue weighted by atomic mass is 32.2. The molecule has 31 heavy (non-hydrogen) atoms. The van der Waals surface area contributed by atoms with Gasteiger partial charge in [-0.3, -0.25) is 0 Å². The van der Waals surface area contributed by atoms with Crippen LogP contribution in [0.5, 0.6) is 0 Å². The molecule has 1 atom stereocenters. The molecule has 0 saturated carbocycles. The molecule has 4 rings (SSSR count). The Kier molecular flexibility index (Phi) is 5.71. The summed E-state index contributed by atoms with van der Waals surface area (Å²) in [6, 6.07) is 22.5. The van der Waals surface area contributed by atoms with Gasteiger partial charge < -0.3 is 4.74 Å². The molecule has 158 valence electrons. The lowest BCUT2D eigenvalue weighted by Crippen LogP contribution is -2.13. The van der Waals surface area contributed by atoms with Gasteiger partial charge in [-0.25, -0.2) is 0 Å². The van der Waals surface area contributed by atoms with Gasteiger partial charge in [0, 0.05) is 12.7 Å². The van der Waals surface area contributed by atoms with Crippen LogP contribution in [-0.2, 0) is 14.8 Å². The normalized spacial score (nSPS) is 12.6. The molecule has 4 aromatic rings. The zero-order valence-electron chi connectivity index (χ0n) is 17.6. The lowest BCUT2D eigenvalue weighted by molar-refractivity contribution is 0.137. The van der Waals surface area contributed by atoms with E-state index in [1.54, 1.807) is 31.4 Å². The van der Waals surface area contributed by atoms with Crippen LogP contribution in [0, 0.1) is 13.8 Å². The van der Waals surface area contributed by atoms with Crippen LogP contribution in [0.15, 0.2) is 83.9 Å². The molecule has 0 fully saturated rings. The number of benzene rings is 3. The van der Waals surface area contributed by atoms with Gasteiger partial charge in [-0.1, -0.05) is 70.9 Å². The van der Waals surface area contributed by atoms with E-state index in [9.17, 15) is 8.42 Å². The van der Waals surface area contributed by atoms with Crippen molar-refractivity contribution in [3.05, 3.63) is 101 Å². The summed E-state index contributed by atoms with van der Waals surface area (Å²) in [6.07, 6.45) is 1.13. The highest BCUT2D eigenvalue weighted by Gasteiger charge is 2.23. The van der Waals surface area contributed by atoms with Crippen LogP contribution in [0.1, 0.15) is 28.4 Å². The molecule has 0 aliphatic heterocycles. The molecular weight excluding hydrogens is 410 g/mol. The van der Waals surface area contributed by atoms with Crippen LogP contribution in [0.2, 0.25) is 0 Å². The third-order valence-electron chi connectivity index (χ3n) is 5.14. The Bertz CT molecular complexity index is 1300. The van der Waals surface area contributed by atoms with Crippen molar-refractivity contribution in [2.75, 3.05) is 7.11 Å². The standard InChI is InChI=1S/C24H23N3O3S/c1-17-9-12-20(13-10-17)31(28,29)27-16-23(25-26-27)22-15-18(2)11-14-21(22)24(30-3)19-7-5-4-6-8-19/h4-16,24H,1-3H3. The SMILES string of the molecule is COC(c1ccccc1)c1ccc(C)cc1-c1cn(S(=O)(=O)c2ccc(C)cc2)nn1. The molecule has 0 saturated heterocycles. The van der Waals surface area contributed by atoms with Gasteiger partial charge in [-0.15, -0.1) is 9.19 Å². The van der Waals surface area contributed by atoms with Crippen LogP contribution in [-0.4, -0.2) is 29.9 Å². The average Bonchev–Trinajstić information content (AvgIpc) is 3.27. The second-order valence-corrected chi connectivity index (χ2v) is 9.21. The quantitative estimate of drug-likeness (QED) is 0.446. The topological polar surface area (TPSA) is 74.1 Å². The van der Waals surface area contributed by atoms with Crippen molar-refractivity contribution in [2.45, 2.75) is 24.8 Å². The lowest BCUT2D eigenvalue weighted by Gasteiger charge is -2.19. The molecule has 1 unspecified atom stereocenters. The van der Waals surface area contributed by atoms with Crippen molar-refractivity contribution in [2.24, 2.45) is 0 Å². The van der Waals surface area contributed by atoms with Crippen LogP contribution in [0.3, 0.4) is 0 Å². The molecule has 1 heterocycles. The molecular formula is C24H23N3O3S. The molecule has 0 spiro atoms. The van der Waals surface area contributed by atoms with Crippen LogP contribution in [0.4, 0.5) is 0 Å². The minimum atomic E-state index is -3.83. The van der Waals surface area contributed by atoms with Crippen LogP contribution in [0.25, 0.3) is 11.3 Å². The van der Waals surface area contributed by atoms with Gasteiger partial charge in [0.05, 0.1) is 11.1 Å². The fourth-order valence-electron chi connectivity index (χ4n) is 3.50. The summed E-state index contributed by atoms with van der Waals surface area (Å²) in [5.74, 6) is 0. The zero-order valence-corrected chi connectivity index (χ0v) is 18.4. The molecule has 6 nitrogen and oxygen atoms in total. The van der Waals surface area contributed by atoms with E-state index >= 15 is 0 Å². The molecule has 0 aliphatic carbocycles. The van der Waals surface area contributed by atoms with Crippen LogP contribution < -0.4 is 0 Å². The van der Waals surface area contributed by atoms with E-state index in [0.29, 0.717) is 5.69 Å². The van der Waals surface area contributed by atoms with Gasteiger partial charge in [-0.05, 0) is 43.2 Å². The van der Waals surface area contributed by atoms with Crippen molar-refractivity contribution < 1.29 is 13.2 Å². The molecule has 3 aromatic carbocycles. The first-order chi connectivity index (χ1) is 14.9. The van der Waals surface area contributed by atoms with E-state index in [1.165, 1.54) is 6.20 Å². The van der Waals surface area contributed by atoms with Gasteiger partial charge in [0.15, 0.2) is 0 Å². The summed E-state index contributed by atoms with van der Waals surface area (Å²) in [7, 11) is -2.18. The van der Waals surface area contributed by atoms with E-state index in [-0.39, 0.29) is 11.0 Å². The molecule has 1 aromatic heterocycles. The fourth-order valence-corrected chi connectivity index (χ4v) is 4.57. The number of nitrogens with zero attached hydrogens (tertiary/aromatic N) is 3. The van der Waals surface area contributed by atoms with Gasteiger partial charge in [-0.2, -0.15) is 8.42 Å². The highest BCUT2D eigenvalue weighted by Crippen LogP contribution is 2.34. The van der Waals surface area contributed by atoms with Gasteiger partial charge >= 0.3 is 0 Å². The molecule has 0 N–H and O–H groups in total. The first kappa shape index (κ1) is 21.0. The Morgan fingerprint density at radius 1 is 0.903 bits per heavy atom. The number of ether oxygens (including phenoxy) is 1. The second-order valence-electron chi connectivity index (χ2n) is 7.41. The van der Waals surface area contributed by atoms with Gasteiger partial charge in [0.1, 0.15) is 11.8 Å². The predicted molar refractivity (Wildman–Crippen MR) is 119 cm³/mol. The minimum Gasteiger partial charge on any atom is -0.372 e. The third kappa shape index (κ3) is 4.15. The minimum absolute atomic E-state index is 0.165. The Labute approximate surface area is 182 Å². The van der Waals surface area contributed by atoms with Crippen molar-refractivity contribution in [1.82, 2.24) is 14.4 Å². The molecule has 7 heteroatoms. The van der Waals surface area contributed by atoms with Crippen LogP contribution >= 0.6 is 0 Å². The predicted octanol–water partition coefficient (Wildman–Crippen LogP) is 4.53.